The fourth-order valence-electron chi connectivity index (χ4n) is 2.29. The second kappa shape index (κ2) is 8.22. The molecule has 0 heterocycles. The average Bonchev–Trinajstić information content (AvgIpc) is 2.54. The van der Waals surface area contributed by atoms with E-state index in [1.807, 2.05) is 48.5 Å². The summed E-state index contributed by atoms with van der Waals surface area (Å²) in [6.07, 6.45) is 2.03. The van der Waals surface area contributed by atoms with Crippen LogP contribution in [0, 0.1) is 0 Å². The topological polar surface area (TPSA) is 55.1 Å². The fraction of sp³-hybridized carbons (Fsp3) is 0.278. The molecule has 21 heavy (non-hydrogen) atoms. The van der Waals surface area contributed by atoms with Crippen molar-refractivity contribution in [3.8, 4) is 0 Å². The SMILES string of the molecule is NCC(Cc1ccccc1)NC(=O)CCc1ccccc1. The van der Waals surface area contributed by atoms with Gasteiger partial charge in [0.1, 0.15) is 0 Å². The van der Waals surface area contributed by atoms with Crippen LogP contribution < -0.4 is 11.1 Å². The van der Waals surface area contributed by atoms with Crippen LogP contribution in [0.25, 0.3) is 0 Å². The summed E-state index contributed by atoms with van der Waals surface area (Å²) in [5.41, 5.74) is 8.13. The van der Waals surface area contributed by atoms with Gasteiger partial charge in [0.05, 0.1) is 0 Å². The second-order valence-corrected chi connectivity index (χ2v) is 5.18. The Hall–Kier alpha value is -2.13. The van der Waals surface area contributed by atoms with Crippen LogP contribution in [0.1, 0.15) is 17.5 Å². The van der Waals surface area contributed by atoms with Gasteiger partial charge in [0.2, 0.25) is 5.91 Å². The number of amides is 1. The first-order valence-corrected chi connectivity index (χ1v) is 7.35. The van der Waals surface area contributed by atoms with Crippen LogP contribution in [0.4, 0.5) is 0 Å². The van der Waals surface area contributed by atoms with E-state index in [4.69, 9.17) is 5.73 Å². The van der Waals surface area contributed by atoms with Gasteiger partial charge in [-0.25, -0.2) is 0 Å². The molecule has 0 bridgehead atoms. The molecule has 3 nitrogen and oxygen atoms in total. The van der Waals surface area contributed by atoms with Gasteiger partial charge in [0.25, 0.3) is 0 Å². The molecule has 0 saturated heterocycles. The zero-order chi connectivity index (χ0) is 14.9. The van der Waals surface area contributed by atoms with Crippen molar-refractivity contribution >= 4 is 5.91 Å². The maximum absolute atomic E-state index is 12.0. The van der Waals surface area contributed by atoms with Crippen LogP contribution >= 0.6 is 0 Å². The van der Waals surface area contributed by atoms with Gasteiger partial charge in [0, 0.05) is 19.0 Å². The van der Waals surface area contributed by atoms with Gasteiger partial charge >= 0.3 is 0 Å². The first-order chi connectivity index (χ1) is 10.3. The number of rotatable bonds is 7. The standard InChI is InChI=1S/C18H22N2O/c19-14-17(13-16-9-5-2-6-10-16)20-18(21)12-11-15-7-3-1-4-8-15/h1-10,17H,11-14,19H2,(H,20,21). The third-order valence-corrected chi connectivity index (χ3v) is 3.46. The molecule has 2 aromatic rings. The lowest BCUT2D eigenvalue weighted by Gasteiger charge is -2.17. The first-order valence-electron chi connectivity index (χ1n) is 7.35. The maximum atomic E-state index is 12.0. The molecule has 110 valence electrons. The highest BCUT2D eigenvalue weighted by molar-refractivity contribution is 5.76. The first kappa shape index (κ1) is 15.3. The predicted molar refractivity (Wildman–Crippen MR) is 85.9 cm³/mol. The molecule has 3 heteroatoms. The van der Waals surface area contributed by atoms with Gasteiger partial charge in [-0.3, -0.25) is 4.79 Å². The Kier molecular flexibility index (Phi) is 5.98. The van der Waals surface area contributed by atoms with Crippen molar-refractivity contribution in [1.29, 1.82) is 0 Å². The van der Waals surface area contributed by atoms with Gasteiger partial charge in [-0.2, -0.15) is 0 Å². The fourth-order valence-corrected chi connectivity index (χ4v) is 2.29. The predicted octanol–water partition coefficient (Wildman–Crippen LogP) is 2.31. The zero-order valence-electron chi connectivity index (χ0n) is 12.2. The van der Waals surface area contributed by atoms with Crippen LogP contribution in [-0.2, 0) is 17.6 Å². The normalized spacial score (nSPS) is 11.9. The van der Waals surface area contributed by atoms with Crippen molar-refractivity contribution in [3.63, 3.8) is 0 Å². The number of carbonyl (C=O) groups is 1. The molecule has 0 aliphatic rings. The number of benzene rings is 2. The Morgan fingerprint density at radius 3 is 2.10 bits per heavy atom. The van der Waals surface area contributed by atoms with Crippen LogP contribution in [0.2, 0.25) is 0 Å². The summed E-state index contributed by atoms with van der Waals surface area (Å²) in [6.45, 7) is 0.450. The molecule has 2 aromatic carbocycles. The highest BCUT2D eigenvalue weighted by atomic mass is 16.1. The molecule has 3 N–H and O–H groups in total. The largest absolute Gasteiger partial charge is 0.352 e. The monoisotopic (exact) mass is 282 g/mol. The van der Waals surface area contributed by atoms with E-state index in [2.05, 4.69) is 17.4 Å². The minimum absolute atomic E-state index is 0.00401. The van der Waals surface area contributed by atoms with Crippen molar-refractivity contribution in [1.82, 2.24) is 5.32 Å². The lowest BCUT2D eigenvalue weighted by atomic mass is 10.1. The summed E-state index contributed by atoms with van der Waals surface area (Å²) in [5, 5.41) is 3.02. The van der Waals surface area contributed by atoms with Gasteiger partial charge < -0.3 is 11.1 Å². The molecule has 1 atom stereocenters. The van der Waals surface area contributed by atoms with Gasteiger partial charge in [0.15, 0.2) is 0 Å². The Balaban J connectivity index is 1.80. The summed E-state index contributed by atoms with van der Waals surface area (Å²) >= 11 is 0. The van der Waals surface area contributed by atoms with Gasteiger partial charge in [-0.1, -0.05) is 60.7 Å². The van der Waals surface area contributed by atoms with E-state index in [0.29, 0.717) is 13.0 Å². The second-order valence-electron chi connectivity index (χ2n) is 5.18. The molecule has 0 aliphatic heterocycles. The number of nitrogens with two attached hydrogens (primary N) is 1. The lowest BCUT2D eigenvalue weighted by molar-refractivity contribution is -0.121. The van der Waals surface area contributed by atoms with E-state index < -0.39 is 0 Å². The molecule has 2 rings (SSSR count). The summed E-state index contributed by atoms with van der Waals surface area (Å²) in [6, 6.07) is 20.1. The minimum atomic E-state index is -0.00401. The van der Waals surface area contributed by atoms with E-state index in [-0.39, 0.29) is 11.9 Å². The molecule has 0 spiro atoms. The van der Waals surface area contributed by atoms with E-state index in [0.717, 1.165) is 12.8 Å². The Morgan fingerprint density at radius 1 is 0.952 bits per heavy atom. The summed E-state index contributed by atoms with van der Waals surface area (Å²) in [4.78, 5) is 12.0. The third kappa shape index (κ3) is 5.40. The molecule has 0 aliphatic carbocycles. The average molecular weight is 282 g/mol. The van der Waals surface area contributed by atoms with Crippen LogP contribution in [0.5, 0.6) is 0 Å². The smallest absolute Gasteiger partial charge is 0.220 e. The molecule has 1 amide bonds. The number of carbonyl (C=O) groups excluding carboxylic acids is 1. The van der Waals surface area contributed by atoms with Crippen LogP contribution in [0.15, 0.2) is 60.7 Å². The van der Waals surface area contributed by atoms with Crippen molar-refractivity contribution < 1.29 is 4.79 Å². The number of hydrogen-bond donors (Lipinski definition) is 2. The van der Waals surface area contributed by atoms with Gasteiger partial charge in [-0.05, 0) is 24.0 Å². The lowest BCUT2D eigenvalue weighted by Crippen LogP contribution is -2.41. The van der Waals surface area contributed by atoms with Crippen molar-refractivity contribution in [2.45, 2.75) is 25.3 Å². The van der Waals surface area contributed by atoms with Crippen LogP contribution in [-0.4, -0.2) is 18.5 Å². The number of nitrogens with one attached hydrogen (secondary N) is 1. The molecule has 0 aromatic heterocycles. The van der Waals surface area contributed by atoms with Crippen molar-refractivity contribution in [2.24, 2.45) is 5.73 Å². The third-order valence-electron chi connectivity index (χ3n) is 3.46. The summed E-state index contributed by atoms with van der Waals surface area (Å²) in [5.74, 6) is 0.0604. The van der Waals surface area contributed by atoms with E-state index in [1.54, 1.807) is 0 Å². The Bertz CT molecular complexity index is 540. The molecule has 0 saturated carbocycles. The Labute approximate surface area is 126 Å². The zero-order valence-corrected chi connectivity index (χ0v) is 12.2. The Morgan fingerprint density at radius 2 is 1.52 bits per heavy atom. The highest BCUT2D eigenvalue weighted by Gasteiger charge is 2.11. The number of hydrogen-bond acceptors (Lipinski definition) is 2. The van der Waals surface area contributed by atoms with Crippen LogP contribution in [0.3, 0.4) is 0 Å². The maximum Gasteiger partial charge on any atom is 0.220 e. The number of aryl methyl sites for hydroxylation is 1. The van der Waals surface area contributed by atoms with E-state index in [9.17, 15) is 4.79 Å². The van der Waals surface area contributed by atoms with E-state index in [1.165, 1.54) is 11.1 Å². The highest BCUT2D eigenvalue weighted by Crippen LogP contribution is 2.05. The molecular formula is C18H22N2O. The minimum Gasteiger partial charge on any atom is -0.352 e. The summed E-state index contributed by atoms with van der Waals surface area (Å²) < 4.78 is 0. The quantitative estimate of drug-likeness (QED) is 0.818. The van der Waals surface area contributed by atoms with Crippen molar-refractivity contribution in [3.05, 3.63) is 71.8 Å². The molecule has 0 fully saturated rings. The van der Waals surface area contributed by atoms with Crippen molar-refractivity contribution in [2.75, 3.05) is 6.54 Å². The molecule has 0 radical (unpaired) electrons. The van der Waals surface area contributed by atoms with E-state index >= 15 is 0 Å². The van der Waals surface area contributed by atoms with Gasteiger partial charge in [-0.15, -0.1) is 0 Å². The molecular weight excluding hydrogens is 260 g/mol. The summed E-state index contributed by atoms with van der Waals surface area (Å²) in [7, 11) is 0. The molecule has 1 unspecified atom stereocenters.